The van der Waals surface area contributed by atoms with E-state index >= 15 is 0 Å². The van der Waals surface area contributed by atoms with E-state index in [0.717, 1.165) is 16.4 Å². The van der Waals surface area contributed by atoms with Gasteiger partial charge in [0.05, 0.1) is 6.54 Å². The molecule has 1 aromatic heterocycles. The molecule has 0 fully saturated rings. The SMILES string of the molecule is CSC1=NCc2cc(C(=O)c3cccnc3)ccc2N1. The monoisotopic (exact) mass is 283 g/mol. The zero-order valence-electron chi connectivity index (χ0n) is 11.0. The Morgan fingerprint density at radius 2 is 2.20 bits per heavy atom. The van der Waals surface area contributed by atoms with Crippen LogP contribution in [0.2, 0.25) is 0 Å². The molecule has 0 saturated carbocycles. The average Bonchev–Trinajstić information content (AvgIpc) is 2.54. The van der Waals surface area contributed by atoms with E-state index in [1.165, 1.54) is 0 Å². The van der Waals surface area contributed by atoms with Crippen molar-refractivity contribution in [3.8, 4) is 0 Å². The molecule has 1 aromatic carbocycles. The molecule has 1 aliphatic rings. The Kier molecular flexibility index (Phi) is 3.52. The molecule has 2 heterocycles. The third kappa shape index (κ3) is 2.44. The molecule has 0 spiro atoms. The van der Waals surface area contributed by atoms with Gasteiger partial charge in [0, 0.05) is 29.2 Å². The third-order valence-electron chi connectivity index (χ3n) is 3.12. The first-order valence-electron chi connectivity index (χ1n) is 6.21. The summed E-state index contributed by atoms with van der Waals surface area (Å²) in [7, 11) is 0. The number of aliphatic imine (C=N–C) groups is 1. The van der Waals surface area contributed by atoms with Gasteiger partial charge in [0.1, 0.15) is 0 Å². The van der Waals surface area contributed by atoms with Gasteiger partial charge < -0.3 is 5.32 Å². The first-order chi connectivity index (χ1) is 9.78. The molecule has 1 aliphatic heterocycles. The third-order valence-corrected chi connectivity index (χ3v) is 3.74. The number of amidine groups is 1. The van der Waals surface area contributed by atoms with Crippen LogP contribution in [0.15, 0.2) is 47.7 Å². The van der Waals surface area contributed by atoms with Gasteiger partial charge >= 0.3 is 0 Å². The summed E-state index contributed by atoms with van der Waals surface area (Å²) in [6, 6.07) is 9.21. The summed E-state index contributed by atoms with van der Waals surface area (Å²) in [5, 5.41) is 4.15. The lowest BCUT2D eigenvalue weighted by atomic mass is 10.0. The second kappa shape index (κ2) is 5.46. The fourth-order valence-electron chi connectivity index (χ4n) is 2.08. The van der Waals surface area contributed by atoms with Gasteiger partial charge in [0.2, 0.25) is 0 Å². The Labute approximate surface area is 121 Å². The predicted molar refractivity (Wildman–Crippen MR) is 82.4 cm³/mol. The van der Waals surface area contributed by atoms with Crippen molar-refractivity contribution in [2.45, 2.75) is 6.54 Å². The maximum Gasteiger partial charge on any atom is 0.194 e. The molecule has 0 amide bonds. The Hall–Kier alpha value is -2.14. The van der Waals surface area contributed by atoms with E-state index in [9.17, 15) is 4.79 Å². The number of nitrogens with one attached hydrogen (secondary N) is 1. The minimum Gasteiger partial charge on any atom is -0.335 e. The number of thioether (sulfide) groups is 1. The Morgan fingerprint density at radius 3 is 2.95 bits per heavy atom. The molecule has 4 nitrogen and oxygen atoms in total. The van der Waals surface area contributed by atoms with Gasteiger partial charge in [-0.15, -0.1) is 0 Å². The number of benzene rings is 1. The number of nitrogens with zero attached hydrogens (tertiary/aromatic N) is 2. The zero-order valence-corrected chi connectivity index (χ0v) is 11.8. The standard InChI is InChI=1S/C15H13N3OS/c1-20-15-17-9-12-7-10(4-5-13(12)18-15)14(19)11-3-2-6-16-8-11/h2-8H,9H2,1H3,(H,17,18). The van der Waals surface area contributed by atoms with Crippen molar-refractivity contribution in [1.29, 1.82) is 0 Å². The van der Waals surface area contributed by atoms with Gasteiger partial charge in [0.15, 0.2) is 11.0 Å². The van der Waals surface area contributed by atoms with Gasteiger partial charge in [-0.2, -0.15) is 0 Å². The van der Waals surface area contributed by atoms with Crippen molar-refractivity contribution < 1.29 is 4.79 Å². The predicted octanol–water partition coefficient (Wildman–Crippen LogP) is 2.96. The van der Waals surface area contributed by atoms with Gasteiger partial charge in [-0.1, -0.05) is 11.8 Å². The molecular formula is C15H13N3OS. The summed E-state index contributed by atoms with van der Waals surface area (Å²) in [4.78, 5) is 20.7. The molecule has 0 atom stereocenters. The van der Waals surface area contributed by atoms with E-state index in [0.29, 0.717) is 17.7 Å². The molecule has 1 N–H and O–H groups in total. The first-order valence-corrected chi connectivity index (χ1v) is 7.43. The van der Waals surface area contributed by atoms with E-state index in [2.05, 4.69) is 15.3 Å². The number of hydrogen-bond donors (Lipinski definition) is 1. The molecule has 5 heteroatoms. The van der Waals surface area contributed by atoms with Crippen molar-refractivity contribution in [3.63, 3.8) is 0 Å². The summed E-state index contributed by atoms with van der Waals surface area (Å²) in [6.07, 6.45) is 5.23. The summed E-state index contributed by atoms with van der Waals surface area (Å²) >= 11 is 1.58. The number of pyridine rings is 1. The largest absolute Gasteiger partial charge is 0.335 e. The van der Waals surface area contributed by atoms with Gasteiger partial charge in [-0.25, -0.2) is 0 Å². The smallest absolute Gasteiger partial charge is 0.194 e. The number of carbonyl (C=O) groups excluding carboxylic acids is 1. The van der Waals surface area contributed by atoms with Gasteiger partial charge in [-0.05, 0) is 42.2 Å². The van der Waals surface area contributed by atoms with Crippen LogP contribution in [0.1, 0.15) is 21.5 Å². The molecule has 0 radical (unpaired) electrons. The topological polar surface area (TPSA) is 54.4 Å². The van der Waals surface area contributed by atoms with Crippen LogP contribution in [0, 0.1) is 0 Å². The Balaban J connectivity index is 1.90. The molecule has 0 unspecified atom stereocenters. The highest BCUT2D eigenvalue weighted by Gasteiger charge is 2.15. The molecule has 100 valence electrons. The molecule has 0 aliphatic carbocycles. The number of carbonyl (C=O) groups is 1. The highest BCUT2D eigenvalue weighted by Crippen LogP contribution is 2.25. The number of fused-ring (bicyclic) bond motifs is 1. The second-order valence-corrected chi connectivity index (χ2v) is 5.19. The van der Waals surface area contributed by atoms with Crippen LogP contribution < -0.4 is 5.32 Å². The number of ketones is 1. The number of aromatic nitrogens is 1. The Bertz CT molecular complexity index is 683. The number of anilines is 1. The number of rotatable bonds is 2. The van der Waals surface area contributed by atoms with Gasteiger partial charge in [0.25, 0.3) is 0 Å². The lowest BCUT2D eigenvalue weighted by Crippen LogP contribution is -2.15. The minimum absolute atomic E-state index is 0.0134. The highest BCUT2D eigenvalue weighted by atomic mass is 32.2. The van der Waals surface area contributed by atoms with Crippen molar-refractivity contribution in [3.05, 3.63) is 59.4 Å². The molecule has 0 bridgehead atoms. The van der Waals surface area contributed by atoms with Crippen molar-refractivity contribution >= 4 is 28.4 Å². The number of hydrogen-bond acceptors (Lipinski definition) is 5. The van der Waals surface area contributed by atoms with Crippen LogP contribution in [0.4, 0.5) is 5.69 Å². The zero-order chi connectivity index (χ0) is 13.9. The van der Waals surface area contributed by atoms with E-state index in [4.69, 9.17) is 0 Å². The van der Waals surface area contributed by atoms with Crippen molar-refractivity contribution in [2.75, 3.05) is 11.6 Å². The maximum absolute atomic E-state index is 12.4. The van der Waals surface area contributed by atoms with Crippen molar-refractivity contribution in [1.82, 2.24) is 4.98 Å². The maximum atomic E-state index is 12.4. The molecule has 0 saturated heterocycles. The molecule has 3 rings (SSSR count). The average molecular weight is 283 g/mol. The Morgan fingerprint density at radius 1 is 1.30 bits per heavy atom. The molecule has 2 aromatic rings. The van der Waals surface area contributed by atoms with E-state index < -0.39 is 0 Å². The van der Waals surface area contributed by atoms with Crippen LogP contribution in [0.5, 0.6) is 0 Å². The van der Waals surface area contributed by atoms with Crippen LogP contribution in [0.25, 0.3) is 0 Å². The summed E-state index contributed by atoms with van der Waals surface area (Å²) in [5.41, 5.74) is 3.33. The lowest BCUT2D eigenvalue weighted by molar-refractivity contribution is 0.103. The van der Waals surface area contributed by atoms with Crippen molar-refractivity contribution in [2.24, 2.45) is 4.99 Å². The fraction of sp³-hybridized carbons (Fsp3) is 0.133. The summed E-state index contributed by atoms with van der Waals surface area (Å²) < 4.78 is 0. The van der Waals surface area contributed by atoms with Crippen LogP contribution in [0.3, 0.4) is 0 Å². The normalized spacial score (nSPS) is 13.2. The lowest BCUT2D eigenvalue weighted by Gasteiger charge is -2.17. The van der Waals surface area contributed by atoms with E-state index in [-0.39, 0.29) is 5.78 Å². The molecular weight excluding hydrogens is 270 g/mol. The second-order valence-electron chi connectivity index (χ2n) is 4.39. The van der Waals surface area contributed by atoms with Crippen LogP contribution in [-0.2, 0) is 6.54 Å². The van der Waals surface area contributed by atoms with E-state index in [1.807, 2.05) is 24.5 Å². The summed E-state index contributed by atoms with van der Waals surface area (Å²) in [5.74, 6) is -0.0134. The molecule has 20 heavy (non-hydrogen) atoms. The summed E-state index contributed by atoms with van der Waals surface area (Å²) in [6.45, 7) is 0.604. The minimum atomic E-state index is -0.0134. The first kappa shape index (κ1) is 12.9. The quantitative estimate of drug-likeness (QED) is 0.861. The van der Waals surface area contributed by atoms with E-state index in [1.54, 1.807) is 36.3 Å². The van der Waals surface area contributed by atoms with Gasteiger partial charge in [-0.3, -0.25) is 14.8 Å². The van der Waals surface area contributed by atoms with Crippen LogP contribution >= 0.6 is 11.8 Å². The highest BCUT2D eigenvalue weighted by molar-refractivity contribution is 8.13. The van der Waals surface area contributed by atoms with Crippen LogP contribution in [-0.4, -0.2) is 22.2 Å². The fourth-order valence-corrected chi connectivity index (χ4v) is 2.48.